The number of hydrogen-bond donors (Lipinski definition) is 1. The largest absolute Gasteiger partial charge is 0.497 e. The highest BCUT2D eigenvalue weighted by Crippen LogP contribution is 2.20. The average molecular weight is 354 g/mol. The fourth-order valence-electron chi connectivity index (χ4n) is 3.10. The summed E-state index contributed by atoms with van der Waals surface area (Å²) >= 11 is 0. The minimum absolute atomic E-state index is 0.104. The minimum atomic E-state index is -3.51. The maximum Gasteiger partial charge on any atom is 0.226 e. The van der Waals surface area contributed by atoms with Gasteiger partial charge in [0.2, 0.25) is 5.91 Å². The number of ether oxygens (including phenoxy) is 1. The Morgan fingerprint density at radius 2 is 1.79 bits per heavy atom. The summed E-state index contributed by atoms with van der Waals surface area (Å²) in [5, 5.41) is 3.36. The Bertz CT molecular complexity index is 662. The number of nitrogens with one attached hydrogen (secondary N) is 1. The van der Waals surface area contributed by atoms with E-state index in [1.165, 1.54) is 19.2 Å². The molecule has 1 aliphatic heterocycles. The predicted octanol–water partition coefficient (Wildman–Crippen LogP) is 1.31. The number of methoxy groups -OCH3 is 1. The summed E-state index contributed by atoms with van der Waals surface area (Å²) in [6, 6.07) is 6.67. The molecule has 1 fully saturated rings. The molecule has 1 aromatic rings. The molecule has 24 heavy (non-hydrogen) atoms. The molecule has 0 radical (unpaired) electrons. The molecule has 134 valence electrons. The molecule has 1 saturated heterocycles. The second-order valence-electron chi connectivity index (χ2n) is 6.57. The first-order valence-corrected chi connectivity index (χ1v) is 9.80. The van der Waals surface area contributed by atoms with Crippen molar-refractivity contribution in [1.29, 1.82) is 0 Å². The van der Waals surface area contributed by atoms with Crippen LogP contribution in [0.3, 0.4) is 0 Å². The number of sulfone groups is 1. The van der Waals surface area contributed by atoms with Gasteiger partial charge in [-0.25, -0.2) is 8.42 Å². The van der Waals surface area contributed by atoms with Crippen LogP contribution in [0.2, 0.25) is 0 Å². The van der Waals surface area contributed by atoms with Crippen LogP contribution in [0.15, 0.2) is 29.2 Å². The lowest BCUT2D eigenvalue weighted by Crippen LogP contribution is -2.57. The van der Waals surface area contributed by atoms with Gasteiger partial charge in [0, 0.05) is 31.1 Å². The quantitative estimate of drug-likeness (QED) is 0.863. The van der Waals surface area contributed by atoms with Crippen molar-refractivity contribution in [2.45, 2.75) is 37.8 Å². The van der Waals surface area contributed by atoms with Crippen LogP contribution < -0.4 is 10.1 Å². The topological polar surface area (TPSA) is 75.7 Å². The average Bonchev–Trinajstić information content (AvgIpc) is 2.52. The molecule has 0 bridgehead atoms. The lowest BCUT2D eigenvalue weighted by atomic mass is 10.1. The molecule has 1 heterocycles. The van der Waals surface area contributed by atoms with Gasteiger partial charge in [-0.3, -0.25) is 4.79 Å². The van der Waals surface area contributed by atoms with E-state index < -0.39 is 15.8 Å². The summed E-state index contributed by atoms with van der Waals surface area (Å²) < 4.78 is 30.1. The molecule has 2 rings (SSSR count). The molecule has 1 aliphatic rings. The van der Waals surface area contributed by atoms with E-state index in [1.807, 2.05) is 13.8 Å². The van der Waals surface area contributed by atoms with Gasteiger partial charge in [-0.2, -0.15) is 0 Å². The van der Waals surface area contributed by atoms with Crippen LogP contribution in [0.5, 0.6) is 5.75 Å². The highest BCUT2D eigenvalue weighted by molar-refractivity contribution is 7.91. The van der Waals surface area contributed by atoms with Crippen molar-refractivity contribution in [2.75, 3.05) is 26.0 Å². The Hall–Kier alpha value is -1.60. The molecule has 1 aromatic carbocycles. The molecule has 0 unspecified atom stereocenters. The van der Waals surface area contributed by atoms with Crippen LogP contribution >= 0.6 is 0 Å². The molecule has 1 amide bonds. The van der Waals surface area contributed by atoms with E-state index in [9.17, 15) is 13.2 Å². The standard InChI is InChI=1S/C17H26N2O4S/c1-12(17(20)19-9-13(2)18-14(3)10-19)11-24(21,22)16-7-5-15(23-4)6-8-16/h5-8,12-14,18H,9-11H2,1-4H3/t12-,13-,14+/m1/s1. The summed E-state index contributed by atoms with van der Waals surface area (Å²) in [7, 11) is -1.99. The molecule has 0 aromatic heterocycles. The molecule has 0 spiro atoms. The first-order chi connectivity index (χ1) is 11.2. The van der Waals surface area contributed by atoms with E-state index in [0.29, 0.717) is 18.8 Å². The van der Waals surface area contributed by atoms with Crippen molar-refractivity contribution < 1.29 is 17.9 Å². The normalized spacial score (nSPS) is 22.9. The fraction of sp³-hybridized carbons (Fsp3) is 0.588. The van der Waals surface area contributed by atoms with Gasteiger partial charge in [-0.15, -0.1) is 0 Å². The molecule has 0 saturated carbocycles. The van der Waals surface area contributed by atoms with Gasteiger partial charge < -0.3 is 15.0 Å². The first-order valence-electron chi connectivity index (χ1n) is 8.14. The number of carbonyl (C=O) groups is 1. The zero-order valence-corrected chi connectivity index (χ0v) is 15.5. The van der Waals surface area contributed by atoms with Crippen LogP contribution in [0.1, 0.15) is 20.8 Å². The van der Waals surface area contributed by atoms with Gasteiger partial charge in [0.1, 0.15) is 5.75 Å². The first kappa shape index (κ1) is 18.7. The zero-order chi connectivity index (χ0) is 17.9. The highest BCUT2D eigenvalue weighted by atomic mass is 32.2. The van der Waals surface area contributed by atoms with Crippen molar-refractivity contribution >= 4 is 15.7 Å². The van der Waals surface area contributed by atoms with Gasteiger partial charge in [-0.05, 0) is 38.1 Å². The van der Waals surface area contributed by atoms with Gasteiger partial charge in [0.25, 0.3) is 0 Å². The van der Waals surface area contributed by atoms with Crippen molar-refractivity contribution in [2.24, 2.45) is 5.92 Å². The molecule has 1 N–H and O–H groups in total. The summed E-state index contributed by atoms with van der Waals surface area (Å²) in [6.45, 7) is 6.94. The SMILES string of the molecule is COc1ccc(S(=O)(=O)C[C@@H](C)C(=O)N2C[C@@H](C)N[C@@H](C)C2)cc1. The summed E-state index contributed by atoms with van der Waals surface area (Å²) in [6.07, 6.45) is 0. The number of carbonyl (C=O) groups excluding carboxylic acids is 1. The molecule has 6 nitrogen and oxygen atoms in total. The van der Waals surface area contributed by atoms with E-state index in [0.717, 1.165) is 0 Å². The number of hydrogen-bond acceptors (Lipinski definition) is 5. The molecule has 7 heteroatoms. The van der Waals surface area contributed by atoms with E-state index in [4.69, 9.17) is 4.74 Å². The van der Waals surface area contributed by atoms with Crippen molar-refractivity contribution in [1.82, 2.24) is 10.2 Å². The third kappa shape index (κ3) is 4.48. The Labute approximate surface area is 144 Å². The van der Waals surface area contributed by atoms with Gasteiger partial charge in [0.05, 0.1) is 17.8 Å². The van der Waals surface area contributed by atoms with Crippen LogP contribution in [0.25, 0.3) is 0 Å². The van der Waals surface area contributed by atoms with Crippen molar-refractivity contribution in [3.05, 3.63) is 24.3 Å². The van der Waals surface area contributed by atoms with Crippen LogP contribution in [0.4, 0.5) is 0 Å². The smallest absolute Gasteiger partial charge is 0.226 e. The maximum atomic E-state index is 12.6. The van der Waals surface area contributed by atoms with Crippen molar-refractivity contribution in [3.8, 4) is 5.75 Å². The minimum Gasteiger partial charge on any atom is -0.497 e. The monoisotopic (exact) mass is 354 g/mol. The highest BCUT2D eigenvalue weighted by Gasteiger charge is 2.30. The number of nitrogens with zero attached hydrogens (tertiary/aromatic N) is 1. The molecule has 3 atom stereocenters. The van der Waals surface area contributed by atoms with E-state index >= 15 is 0 Å². The van der Waals surface area contributed by atoms with E-state index in [-0.39, 0.29) is 28.6 Å². The van der Waals surface area contributed by atoms with Gasteiger partial charge in [0.15, 0.2) is 9.84 Å². The Morgan fingerprint density at radius 1 is 1.25 bits per heavy atom. The molecular weight excluding hydrogens is 328 g/mol. The number of benzene rings is 1. The second-order valence-corrected chi connectivity index (χ2v) is 8.60. The third-order valence-corrected chi connectivity index (χ3v) is 6.11. The van der Waals surface area contributed by atoms with Gasteiger partial charge in [-0.1, -0.05) is 6.92 Å². The lowest BCUT2D eigenvalue weighted by Gasteiger charge is -2.37. The second kappa shape index (κ2) is 7.53. The predicted molar refractivity (Wildman–Crippen MR) is 92.9 cm³/mol. The number of rotatable bonds is 5. The molecule has 0 aliphatic carbocycles. The summed E-state index contributed by atoms with van der Waals surface area (Å²) in [4.78, 5) is 14.6. The number of amides is 1. The maximum absolute atomic E-state index is 12.6. The number of piperazine rings is 1. The van der Waals surface area contributed by atoms with Crippen LogP contribution in [-0.4, -0.2) is 57.3 Å². The Balaban J connectivity index is 2.06. The van der Waals surface area contributed by atoms with E-state index in [1.54, 1.807) is 24.0 Å². The Kier molecular flexibility index (Phi) is 5.87. The Morgan fingerprint density at radius 3 is 2.29 bits per heavy atom. The fourth-order valence-corrected chi connectivity index (χ4v) is 4.64. The summed E-state index contributed by atoms with van der Waals surface area (Å²) in [5.74, 6) is -0.269. The lowest BCUT2D eigenvalue weighted by molar-refractivity contribution is -0.136. The zero-order valence-electron chi connectivity index (χ0n) is 14.7. The van der Waals surface area contributed by atoms with E-state index in [2.05, 4.69) is 5.32 Å². The van der Waals surface area contributed by atoms with Crippen molar-refractivity contribution in [3.63, 3.8) is 0 Å². The third-order valence-electron chi connectivity index (χ3n) is 4.18. The van der Waals surface area contributed by atoms with Crippen LogP contribution in [0, 0.1) is 5.92 Å². The van der Waals surface area contributed by atoms with Gasteiger partial charge >= 0.3 is 0 Å². The summed E-state index contributed by atoms with van der Waals surface area (Å²) in [5.41, 5.74) is 0. The van der Waals surface area contributed by atoms with Crippen LogP contribution in [-0.2, 0) is 14.6 Å². The molecular formula is C17H26N2O4S.